The summed E-state index contributed by atoms with van der Waals surface area (Å²) in [7, 11) is 1.84. The second kappa shape index (κ2) is 8.10. The van der Waals surface area contributed by atoms with E-state index < -0.39 is 0 Å². The molecule has 1 aliphatic heterocycles. The van der Waals surface area contributed by atoms with Crippen LogP contribution in [0.3, 0.4) is 0 Å². The highest BCUT2D eigenvalue weighted by atomic mass is 19.1. The molecule has 0 radical (unpaired) electrons. The van der Waals surface area contributed by atoms with Gasteiger partial charge in [0.05, 0.1) is 23.6 Å². The summed E-state index contributed by atoms with van der Waals surface area (Å²) in [5.41, 5.74) is 3.33. The maximum absolute atomic E-state index is 13.7. The Hall–Kier alpha value is -2.74. The van der Waals surface area contributed by atoms with Gasteiger partial charge in [0.1, 0.15) is 5.82 Å². The molecule has 2 amide bonds. The van der Waals surface area contributed by atoms with E-state index in [1.54, 1.807) is 28.6 Å². The molecule has 8 heteroatoms. The van der Waals surface area contributed by atoms with Gasteiger partial charge in [-0.1, -0.05) is 6.07 Å². The van der Waals surface area contributed by atoms with Gasteiger partial charge in [0.25, 0.3) is 5.91 Å². The molecule has 2 heterocycles. The molecular weight excluding hydrogens is 361 g/mol. The molecule has 28 heavy (non-hydrogen) atoms. The standard InChI is InChI=1S/C20H26FN5O2/c1-13-5-6-16(11-17(13)21)20(28)26-9-7-25(8-10-26)12-18(27)22-19-14(2)23-24(4)15(19)3/h5-6,11H,7-10,12H2,1-4H3,(H,22,27). The lowest BCUT2D eigenvalue weighted by molar-refractivity contribution is -0.117. The highest BCUT2D eigenvalue weighted by Gasteiger charge is 2.24. The van der Waals surface area contributed by atoms with Crippen LogP contribution in [0, 0.1) is 26.6 Å². The van der Waals surface area contributed by atoms with E-state index in [-0.39, 0.29) is 24.2 Å². The van der Waals surface area contributed by atoms with E-state index in [1.807, 2.05) is 25.8 Å². The van der Waals surface area contributed by atoms with E-state index in [9.17, 15) is 14.0 Å². The minimum atomic E-state index is -0.373. The summed E-state index contributed by atoms with van der Waals surface area (Å²) in [6.45, 7) is 7.90. The summed E-state index contributed by atoms with van der Waals surface area (Å²) >= 11 is 0. The zero-order valence-corrected chi connectivity index (χ0v) is 16.8. The van der Waals surface area contributed by atoms with Gasteiger partial charge < -0.3 is 10.2 Å². The van der Waals surface area contributed by atoms with Crippen LogP contribution in [0.2, 0.25) is 0 Å². The Bertz CT molecular complexity index is 900. The molecule has 1 fully saturated rings. The van der Waals surface area contributed by atoms with E-state index in [0.29, 0.717) is 37.3 Å². The van der Waals surface area contributed by atoms with E-state index in [0.717, 1.165) is 17.1 Å². The fourth-order valence-electron chi connectivity index (χ4n) is 3.35. The minimum Gasteiger partial charge on any atom is -0.336 e. The first-order valence-corrected chi connectivity index (χ1v) is 9.34. The first-order chi connectivity index (χ1) is 13.3. The van der Waals surface area contributed by atoms with Crippen LogP contribution in [0.15, 0.2) is 18.2 Å². The summed E-state index contributed by atoms with van der Waals surface area (Å²) in [6.07, 6.45) is 0. The maximum atomic E-state index is 13.7. The van der Waals surface area contributed by atoms with Crippen LogP contribution in [-0.2, 0) is 11.8 Å². The zero-order chi connectivity index (χ0) is 20.4. The second-order valence-electron chi connectivity index (χ2n) is 7.25. The number of benzene rings is 1. The summed E-state index contributed by atoms with van der Waals surface area (Å²) < 4.78 is 15.5. The van der Waals surface area contributed by atoms with Gasteiger partial charge in [-0.15, -0.1) is 0 Å². The molecule has 0 aliphatic carbocycles. The zero-order valence-electron chi connectivity index (χ0n) is 16.8. The Balaban J connectivity index is 1.53. The molecule has 1 N–H and O–H groups in total. The van der Waals surface area contributed by atoms with Gasteiger partial charge in [-0.25, -0.2) is 4.39 Å². The van der Waals surface area contributed by atoms with Crippen molar-refractivity contribution in [3.8, 4) is 0 Å². The molecular formula is C20H26FN5O2. The SMILES string of the molecule is Cc1ccc(C(=O)N2CCN(CC(=O)Nc3c(C)nn(C)c3C)CC2)cc1F. The molecule has 0 saturated carbocycles. The van der Waals surface area contributed by atoms with Gasteiger partial charge in [-0.3, -0.25) is 19.2 Å². The first kappa shape index (κ1) is 20.0. The summed E-state index contributed by atoms with van der Waals surface area (Å²) in [4.78, 5) is 28.7. The molecule has 0 atom stereocenters. The number of carbonyl (C=O) groups excluding carboxylic acids is 2. The van der Waals surface area contributed by atoms with E-state index in [4.69, 9.17) is 0 Å². The number of amides is 2. The molecule has 1 aromatic carbocycles. The van der Waals surface area contributed by atoms with Crippen molar-refractivity contribution in [2.24, 2.45) is 7.05 Å². The number of hydrogen-bond acceptors (Lipinski definition) is 4. The number of anilines is 1. The van der Waals surface area contributed by atoms with Crippen LogP contribution in [0.1, 0.15) is 27.3 Å². The Kier molecular flexibility index (Phi) is 5.79. The van der Waals surface area contributed by atoms with Crippen LogP contribution in [0.25, 0.3) is 0 Å². The van der Waals surface area contributed by atoms with Crippen molar-refractivity contribution in [2.45, 2.75) is 20.8 Å². The van der Waals surface area contributed by atoms with Gasteiger partial charge >= 0.3 is 0 Å². The van der Waals surface area contributed by atoms with E-state index >= 15 is 0 Å². The number of hydrogen-bond donors (Lipinski definition) is 1. The maximum Gasteiger partial charge on any atom is 0.254 e. The summed E-state index contributed by atoms with van der Waals surface area (Å²) in [5.74, 6) is -0.647. The molecule has 0 bridgehead atoms. The topological polar surface area (TPSA) is 70.5 Å². The van der Waals surface area contributed by atoms with Crippen molar-refractivity contribution in [3.05, 3.63) is 46.5 Å². The van der Waals surface area contributed by atoms with Crippen LogP contribution >= 0.6 is 0 Å². The van der Waals surface area contributed by atoms with E-state index in [1.165, 1.54) is 6.07 Å². The predicted molar refractivity (Wildman–Crippen MR) is 105 cm³/mol. The molecule has 1 saturated heterocycles. The van der Waals surface area contributed by atoms with Gasteiger partial charge in [-0.05, 0) is 38.5 Å². The van der Waals surface area contributed by atoms with Crippen molar-refractivity contribution in [1.29, 1.82) is 0 Å². The molecule has 0 unspecified atom stereocenters. The number of carbonyl (C=O) groups is 2. The third-order valence-electron chi connectivity index (χ3n) is 5.22. The fourth-order valence-corrected chi connectivity index (χ4v) is 3.35. The lowest BCUT2D eigenvalue weighted by Crippen LogP contribution is -2.50. The number of nitrogens with one attached hydrogen (secondary N) is 1. The van der Waals surface area contributed by atoms with Gasteiger partial charge in [0.2, 0.25) is 5.91 Å². The van der Waals surface area contributed by atoms with Crippen molar-refractivity contribution in [2.75, 3.05) is 38.0 Å². The Labute approximate surface area is 164 Å². The highest BCUT2D eigenvalue weighted by molar-refractivity contribution is 5.95. The highest BCUT2D eigenvalue weighted by Crippen LogP contribution is 2.18. The van der Waals surface area contributed by atoms with Crippen molar-refractivity contribution >= 4 is 17.5 Å². The Morgan fingerprint density at radius 1 is 1.14 bits per heavy atom. The number of nitrogens with zero attached hydrogens (tertiary/aromatic N) is 4. The monoisotopic (exact) mass is 387 g/mol. The van der Waals surface area contributed by atoms with Gasteiger partial charge in [-0.2, -0.15) is 5.10 Å². The molecule has 7 nitrogen and oxygen atoms in total. The van der Waals surface area contributed by atoms with Gasteiger partial charge in [0.15, 0.2) is 0 Å². The Morgan fingerprint density at radius 3 is 2.39 bits per heavy atom. The number of halogens is 1. The summed E-state index contributed by atoms with van der Waals surface area (Å²) in [6, 6.07) is 4.56. The third-order valence-corrected chi connectivity index (χ3v) is 5.22. The first-order valence-electron chi connectivity index (χ1n) is 9.34. The minimum absolute atomic E-state index is 0.0976. The van der Waals surface area contributed by atoms with Crippen LogP contribution in [0.5, 0.6) is 0 Å². The molecule has 0 spiro atoms. The van der Waals surface area contributed by atoms with E-state index in [2.05, 4.69) is 10.4 Å². The van der Waals surface area contributed by atoms with Gasteiger partial charge in [0, 0.05) is 38.8 Å². The number of piperazine rings is 1. The number of rotatable bonds is 4. The Morgan fingerprint density at radius 2 is 1.82 bits per heavy atom. The van der Waals surface area contributed by atoms with Crippen molar-refractivity contribution in [1.82, 2.24) is 19.6 Å². The lowest BCUT2D eigenvalue weighted by Gasteiger charge is -2.34. The molecule has 1 aromatic heterocycles. The molecule has 150 valence electrons. The van der Waals surface area contributed by atoms with Crippen LogP contribution in [-0.4, -0.2) is 64.1 Å². The smallest absolute Gasteiger partial charge is 0.254 e. The van der Waals surface area contributed by atoms with Crippen molar-refractivity contribution < 1.29 is 14.0 Å². The third kappa shape index (κ3) is 4.22. The molecule has 2 aromatic rings. The predicted octanol–water partition coefficient (Wildman–Crippen LogP) is 1.88. The number of aryl methyl sites for hydroxylation is 3. The fraction of sp³-hybridized carbons (Fsp3) is 0.450. The normalized spacial score (nSPS) is 15.0. The lowest BCUT2D eigenvalue weighted by atomic mass is 10.1. The average Bonchev–Trinajstić information content (AvgIpc) is 2.90. The average molecular weight is 387 g/mol. The molecule has 3 rings (SSSR count). The van der Waals surface area contributed by atoms with Crippen molar-refractivity contribution in [3.63, 3.8) is 0 Å². The van der Waals surface area contributed by atoms with Crippen LogP contribution < -0.4 is 5.32 Å². The molecule has 1 aliphatic rings. The van der Waals surface area contributed by atoms with Crippen LogP contribution in [0.4, 0.5) is 10.1 Å². The summed E-state index contributed by atoms with van der Waals surface area (Å²) in [5, 5.41) is 7.23. The second-order valence-corrected chi connectivity index (χ2v) is 7.25. The number of aromatic nitrogens is 2. The largest absolute Gasteiger partial charge is 0.336 e. The quantitative estimate of drug-likeness (QED) is 0.870.